The highest BCUT2D eigenvalue weighted by Gasteiger charge is 2.53. The van der Waals surface area contributed by atoms with Gasteiger partial charge in [0, 0.05) is 22.5 Å². The van der Waals surface area contributed by atoms with Crippen molar-refractivity contribution < 1.29 is 0 Å². The van der Waals surface area contributed by atoms with E-state index in [1.54, 1.807) is 0 Å². The molecule has 0 atom stereocenters. The summed E-state index contributed by atoms with van der Waals surface area (Å²) in [4.78, 5) is 2.47. The third-order valence-electron chi connectivity index (χ3n) is 12.1. The molecule has 0 amide bonds. The van der Waals surface area contributed by atoms with Crippen molar-refractivity contribution in [2.45, 2.75) is 24.7 Å². The van der Waals surface area contributed by atoms with Gasteiger partial charge in [-0.2, -0.15) is 0 Å². The van der Waals surface area contributed by atoms with Crippen LogP contribution in [0.15, 0.2) is 176 Å². The van der Waals surface area contributed by atoms with Crippen LogP contribution in [0.2, 0.25) is 0 Å². The minimum atomic E-state index is -0.289. The minimum Gasteiger partial charge on any atom is -0.310 e. The highest BCUT2D eigenvalue weighted by molar-refractivity contribution is 6.05. The van der Waals surface area contributed by atoms with Crippen LogP contribution in [0.4, 0.5) is 17.1 Å². The van der Waals surface area contributed by atoms with Crippen LogP contribution in [0.5, 0.6) is 0 Å². The summed E-state index contributed by atoms with van der Waals surface area (Å²) in [5.74, 6) is 0. The average molecular weight is 650 g/mol. The van der Waals surface area contributed by atoms with Gasteiger partial charge in [0.2, 0.25) is 0 Å². The van der Waals surface area contributed by atoms with Crippen LogP contribution in [0.1, 0.15) is 47.2 Å². The van der Waals surface area contributed by atoms with Crippen LogP contribution in [-0.2, 0) is 10.8 Å². The zero-order valence-corrected chi connectivity index (χ0v) is 28.7. The lowest BCUT2D eigenvalue weighted by atomic mass is 9.58. The largest absolute Gasteiger partial charge is 0.310 e. The van der Waals surface area contributed by atoms with Gasteiger partial charge in [0.25, 0.3) is 0 Å². The molecule has 0 saturated carbocycles. The van der Waals surface area contributed by atoms with Crippen LogP contribution in [0.25, 0.3) is 44.2 Å². The summed E-state index contributed by atoms with van der Waals surface area (Å²) in [6.45, 7) is 4.73. The van der Waals surface area contributed by atoms with E-state index in [1.165, 1.54) is 88.9 Å². The lowest BCUT2D eigenvalue weighted by molar-refractivity contribution is 0.660. The summed E-state index contributed by atoms with van der Waals surface area (Å²) in [5.41, 5.74) is 19.2. The number of anilines is 3. The van der Waals surface area contributed by atoms with E-state index in [0.29, 0.717) is 0 Å². The SMILES string of the molecule is CC1(C)c2ccccc2-c2ccc(N(c3ccc(-c4ccccc4)cc3)c3ccc4c(c3)C3(c5ccccc5-4)c4cccc5cccc3c45)cc21. The predicted molar refractivity (Wildman–Crippen MR) is 212 cm³/mol. The molecule has 0 unspecified atom stereocenters. The second-order valence-corrected chi connectivity index (χ2v) is 14.9. The number of nitrogens with zero attached hydrogens (tertiary/aromatic N) is 1. The molecule has 0 aliphatic heterocycles. The molecule has 0 N–H and O–H groups in total. The summed E-state index contributed by atoms with van der Waals surface area (Å²) < 4.78 is 0. The fourth-order valence-electron chi connectivity index (χ4n) is 9.75. The van der Waals surface area contributed by atoms with Crippen molar-refractivity contribution in [3.63, 3.8) is 0 Å². The van der Waals surface area contributed by atoms with Gasteiger partial charge >= 0.3 is 0 Å². The van der Waals surface area contributed by atoms with Crippen molar-refractivity contribution in [2.75, 3.05) is 4.90 Å². The van der Waals surface area contributed by atoms with E-state index in [-0.39, 0.29) is 10.8 Å². The highest BCUT2D eigenvalue weighted by atomic mass is 15.1. The molecule has 0 fully saturated rings. The predicted octanol–water partition coefficient (Wildman–Crippen LogP) is 13.0. The Morgan fingerprint density at radius 3 is 1.53 bits per heavy atom. The van der Waals surface area contributed by atoms with Crippen molar-refractivity contribution >= 4 is 27.8 Å². The fourth-order valence-corrected chi connectivity index (χ4v) is 9.75. The van der Waals surface area contributed by atoms with Gasteiger partial charge in [0.15, 0.2) is 0 Å². The molecule has 11 rings (SSSR count). The Bertz CT molecular complexity index is 2680. The summed E-state index contributed by atoms with van der Waals surface area (Å²) in [7, 11) is 0. The Hall–Kier alpha value is -6.18. The van der Waals surface area contributed by atoms with E-state index in [9.17, 15) is 0 Å². The Morgan fingerprint density at radius 2 is 0.843 bits per heavy atom. The number of hydrogen-bond donors (Lipinski definition) is 0. The maximum Gasteiger partial charge on any atom is 0.0726 e. The Balaban J connectivity index is 1.13. The van der Waals surface area contributed by atoms with Gasteiger partial charge in [-0.25, -0.2) is 0 Å². The van der Waals surface area contributed by atoms with Crippen molar-refractivity contribution in [3.05, 3.63) is 209 Å². The first-order valence-corrected chi connectivity index (χ1v) is 18.0. The molecule has 240 valence electrons. The van der Waals surface area contributed by atoms with Crippen LogP contribution >= 0.6 is 0 Å². The third kappa shape index (κ3) is 3.71. The Kier molecular flexibility index (Phi) is 5.72. The van der Waals surface area contributed by atoms with Crippen LogP contribution in [0.3, 0.4) is 0 Å². The monoisotopic (exact) mass is 649 g/mol. The molecule has 1 spiro atoms. The van der Waals surface area contributed by atoms with Gasteiger partial charge in [0.05, 0.1) is 5.41 Å². The molecule has 3 aliphatic rings. The van der Waals surface area contributed by atoms with E-state index in [0.717, 1.165) is 5.69 Å². The van der Waals surface area contributed by atoms with Crippen molar-refractivity contribution in [1.29, 1.82) is 0 Å². The lowest BCUT2D eigenvalue weighted by Crippen LogP contribution is -2.36. The van der Waals surface area contributed by atoms with E-state index in [4.69, 9.17) is 0 Å². The van der Waals surface area contributed by atoms with Crippen LogP contribution in [-0.4, -0.2) is 0 Å². The molecular formula is C50H35N. The standard InChI is InChI=1S/C50H35N/c1-49(2)42-18-8-6-16-38(42)40-28-26-36(30-46(40)49)51(35-24-22-33(23-25-35)32-12-4-3-5-13-32)37-27-29-41-39-17-7-9-19-43(39)50(47(41)31-37)44-20-10-14-34-15-11-21-45(50)48(34)44/h3-31H,1-2H3. The van der Waals surface area contributed by atoms with Gasteiger partial charge < -0.3 is 4.90 Å². The second kappa shape index (κ2) is 10.2. The first-order valence-electron chi connectivity index (χ1n) is 18.0. The lowest BCUT2D eigenvalue weighted by Gasteiger charge is -2.43. The second-order valence-electron chi connectivity index (χ2n) is 14.9. The molecule has 1 heteroatoms. The molecule has 0 aromatic heterocycles. The van der Waals surface area contributed by atoms with Gasteiger partial charge in [-0.05, 0) is 114 Å². The van der Waals surface area contributed by atoms with E-state index < -0.39 is 0 Å². The normalized spacial score (nSPS) is 14.8. The smallest absolute Gasteiger partial charge is 0.0726 e. The maximum atomic E-state index is 2.49. The zero-order valence-electron chi connectivity index (χ0n) is 28.7. The molecule has 0 bridgehead atoms. The van der Waals surface area contributed by atoms with Crippen LogP contribution in [0, 0.1) is 0 Å². The molecule has 8 aromatic carbocycles. The highest BCUT2D eigenvalue weighted by Crippen LogP contribution is 2.64. The molecule has 0 saturated heterocycles. The van der Waals surface area contributed by atoms with Gasteiger partial charge in [-0.15, -0.1) is 0 Å². The first kappa shape index (κ1) is 28.6. The molecule has 3 aliphatic carbocycles. The number of rotatable bonds is 4. The fraction of sp³-hybridized carbons (Fsp3) is 0.0800. The minimum absolute atomic E-state index is 0.0945. The number of benzene rings is 8. The van der Waals surface area contributed by atoms with Gasteiger partial charge in [0.1, 0.15) is 0 Å². The quantitative estimate of drug-likeness (QED) is 0.183. The van der Waals surface area contributed by atoms with E-state index in [2.05, 4.69) is 195 Å². The van der Waals surface area contributed by atoms with Crippen molar-refractivity contribution in [3.8, 4) is 33.4 Å². The summed E-state index contributed by atoms with van der Waals surface area (Å²) in [6.07, 6.45) is 0. The van der Waals surface area contributed by atoms with Crippen molar-refractivity contribution in [2.24, 2.45) is 0 Å². The van der Waals surface area contributed by atoms with E-state index in [1.807, 2.05) is 0 Å². The molecule has 1 nitrogen and oxygen atoms in total. The zero-order chi connectivity index (χ0) is 33.9. The van der Waals surface area contributed by atoms with Crippen molar-refractivity contribution in [1.82, 2.24) is 0 Å². The molecule has 51 heavy (non-hydrogen) atoms. The summed E-state index contributed by atoms with van der Waals surface area (Å²) in [6, 6.07) is 65.7. The molecule has 0 radical (unpaired) electrons. The Labute approximate surface area is 299 Å². The average Bonchev–Trinajstić information content (AvgIpc) is 3.62. The molecule has 8 aromatic rings. The van der Waals surface area contributed by atoms with E-state index >= 15 is 0 Å². The molecular weight excluding hydrogens is 615 g/mol. The van der Waals surface area contributed by atoms with Crippen LogP contribution < -0.4 is 4.90 Å². The number of hydrogen-bond acceptors (Lipinski definition) is 1. The topological polar surface area (TPSA) is 3.24 Å². The maximum absolute atomic E-state index is 2.49. The van der Waals surface area contributed by atoms with Gasteiger partial charge in [-0.3, -0.25) is 0 Å². The first-order chi connectivity index (χ1) is 25.0. The summed E-state index contributed by atoms with van der Waals surface area (Å²) in [5, 5.41) is 2.72. The molecule has 0 heterocycles. The Morgan fingerprint density at radius 1 is 0.353 bits per heavy atom. The third-order valence-corrected chi connectivity index (χ3v) is 12.1. The number of fused-ring (bicyclic) bond motifs is 10. The summed E-state index contributed by atoms with van der Waals surface area (Å²) >= 11 is 0. The van der Waals surface area contributed by atoms with Gasteiger partial charge in [-0.1, -0.05) is 153 Å².